The van der Waals surface area contributed by atoms with Gasteiger partial charge in [0.2, 0.25) is 5.91 Å². The van der Waals surface area contributed by atoms with Gasteiger partial charge in [0.05, 0.1) is 25.1 Å². The highest BCUT2D eigenvalue weighted by molar-refractivity contribution is 9.10. The first-order chi connectivity index (χ1) is 18.6. The van der Waals surface area contributed by atoms with Gasteiger partial charge in [-0.15, -0.1) is 0 Å². The van der Waals surface area contributed by atoms with Gasteiger partial charge in [-0.1, -0.05) is 36.4 Å². The van der Waals surface area contributed by atoms with Crippen molar-refractivity contribution in [3.05, 3.63) is 91.8 Å². The van der Waals surface area contributed by atoms with E-state index < -0.39 is 23.0 Å². The quantitative estimate of drug-likeness (QED) is 0.325. The maximum Gasteiger partial charge on any atom is 0.316 e. The van der Waals surface area contributed by atoms with Crippen LogP contribution in [0.4, 0.5) is 5.69 Å². The number of benzene rings is 2. The Bertz CT molecular complexity index is 1420. The largest absolute Gasteiger partial charge is 0.497 e. The molecule has 0 aliphatic heterocycles. The van der Waals surface area contributed by atoms with Crippen LogP contribution in [0.1, 0.15) is 56.9 Å². The van der Waals surface area contributed by atoms with Crippen LogP contribution >= 0.6 is 15.9 Å². The fourth-order valence-electron chi connectivity index (χ4n) is 4.05. The Morgan fingerprint density at radius 1 is 1.00 bits per heavy atom. The number of carbonyl (C=O) groups is 2. The summed E-state index contributed by atoms with van der Waals surface area (Å²) in [6, 6.07) is 13.9. The van der Waals surface area contributed by atoms with Gasteiger partial charge in [-0.3, -0.25) is 14.4 Å². The van der Waals surface area contributed by atoms with Crippen LogP contribution in [-0.2, 0) is 32.7 Å². The Balaban J connectivity index is 1.72. The third kappa shape index (κ3) is 7.61. The van der Waals surface area contributed by atoms with E-state index in [1.54, 1.807) is 20.2 Å². The standard InChI is InChI=1S/C31H38BrN3O5/c1-19-24(32)18-35(17-21-10-14-23(39-7)15-11-21)28(37)26(19)34-27(36)25(33)16-20-8-12-22(13-9-20)31(5,6)29(38)40-30(2,3)4/h8-15,18,25H,16-17,33H2,1-7H3,(H,34,36). The number of hydrogen-bond acceptors (Lipinski definition) is 6. The number of nitrogens with two attached hydrogens (primary N) is 1. The predicted octanol–water partition coefficient (Wildman–Crippen LogP) is 5.10. The Kier molecular flexibility index (Phi) is 9.64. The van der Waals surface area contributed by atoms with Crippen LogP contribution in [0.25, 0.3) is 0 Å². The van der Waals surface area contributed by atoms with Crippen molar-refractivity contribution >= 4 is 33.5 Å². The van der Waals surface area contributed by atoms with Crippen LogP contribution in [0.2, 0.25) is 0 Å². The molecular formula is C31H38BrN3O5. The molecule has 0 aliphatic rings. The number of aromatic nitrogens is 1. The normalized spacial score (nSPS) is 12.5. The Hall–Kier alpha value is -3.43. The number of nitrogens with one attached hydrogen (secondary N) is 1. The second kappa shape index (κ2) is 12.4. The highest BCUT2D eigenvalue weighted by atomic mass is 79.9. The molecule has 9 heteroatoms. The molecule has 2 aromatic carbocycles. The number of esters is 1. The molecule has 3 N–H and O–H groups in total. The fraction of sp³-hybridized carbons (Fsp3) is 0.387. The van der Waals surface area contributed by atoms with E-state index in [1.807, 2.05) is 83.1 Å². The SMILES string of the molecule is COc1ccc(Cn2cc(Br)c(C)c(NC(=O)C(N)Cc3ccc(C(C)(C)C(=O)OC(C)(C)C)cc3)c2=O)cc1. The molecule has 1 amide bonds. The molecule has 214 valence electrons. The summed E-state index contributed by atoms with van der Waals surface area (Å²) >= 11 is 3.50. The molecule has 0 fully saturated rings. The van der Waals surface area contributed by atoms with Crippen molar-refractivity contribution in [2.45, 2.75) is 71.6 Å². The molecular weight excluding hydrogens is 574 g/mol. The van der Waals surface area contributed by atoms with Crippen LogP contribution in [0.5, 0.6) is 5.75 Å². The zero-order valence-corrected chi connectivity index (χ0v) is 25.7. The smallest absolute Gasteiger partial charge is 0.316 e. The molecule has 0 radical (unpaired) electrons. The number of amides is 1. The summed E-state index contributed by atoms with van der Waals surface area (Å²) in [6.07, 6.45) is 1.96. The van der Waals surface area contributed by atoms with Crippen molar-refractivity contribution in [1.29, 1.82) is 0 Å². The number of rotatable bonds is 9. The lowest BCUT2D eigenvalue weighted by Gasteiger charge is -2.29. The Morgan fingerprint density at radius 3 is 2.12 bits per heavy atom. The van der Waals surface area contributed by atoms with Gasteiger partial charge in [0.15, 0.2) is 0 Å². The second-order valence-electron chi connectivity index (χ2n) is 11.4. The van der Waals surface area contributed by atoms with Crippen molar-refractivity contribution in [3.63, 3.8) is 0 Å². The first kappa shape index (κ1) is 31.1. The van der Waals surface area contributed by atoms with Gasteiger partial charge < -0.3 is 25.1 Å². The lowest BCUT2D eigenvalue weighted by Crippen LogP contribution is -2.39. The number of ether oxygens (including phenoxy) is 2. The van der Waals surface area contributed by atoms with Crippen LogP contribution in [0.15, 0.2) is 64.0 Å². The van der Waals surface area contributed by atoms with Gasteiger partial charge in [-0.05, 0) is 98.3 Å². The van der Waals surface area contributed by atoms with Crippen molar-refractivity contribution in [1.82, 2.24) is 4.57 Å². The van der Waals surface area contributed by atoms with Crippen molar-refractivity contribution < 1.29 is 19.1 Å². The van der Waals surface area contributed by atoms with E-state index in [2.05, 4.69) is 21.2 Å². The molecule has 3 rings (SSSR count). The van der Waals surface area contributed by atoms with E-state index in [-0.39, 0.29) is 23.6 Å². The summed E-state index contributed by atoms with van der Waals surface area (Å²) < 4.78 is 13.0. The summed E-state index contributed by atoms with van der Waals surface area (Å²) in [5, 5.41) is 2.75. The molecule has 0 saturated carbocycles. The number of nitrogens with zero attached hydrogens (tertiary/aromatic N) is 1. The predicted molar refractivity (Wildman–Crippen MR) is 161 cm³/mol. The van der Waals surface area contributed by atoms with E-state index in [0.29, 0.717) is 16.6 Å². The second-order valence-corrected chi connectivity index (χ2v) is 12.2. The van der Waals surface area contributed by atoms with Gasteiger partial charge in [-0.2, -0.15) is 0 Å². The number of pyridine rings is 1. The van der Waals surface area contributed by atoms with E-state index in [4.69, 9.17) is 15.2 Å². The monoisotopic (exact) mass is 611 g/mol. The summed E-state index contributed by atoms with van der Waals surface area (Å²) in [5.41, 5.74) is 7.83. The average molecular weight is 613 g/mol. The third-order valence-corrected chi connectivity index (χ3v) is 7.41. The average Bonchev–Trinajstić information content (AvgIpc) is 2.89. The minimum Gasteiger partial charge on any atom is -0.497 e. The number of hydrogen-bond donors (Lipinski definition) is 2. The molecule has 0 saturated heterocycles. The number of halogens is 1. The zero-order valence-electron chi connectivity index (χ0n) is 24.1. The summed E-state index contributed by atoms with van der Waals surface area (Å²) in [4.78, 5) is 39.0. The Morgan fingerprint density at radius 2 is 1.57 bits per heavy atom. The first-order valence-electron chi connectivity index (χ1n) is 13.0. The molecule has 0 aliphatic carbocycles. The minimum absolute atomic E-state index is 0.179. The van der Waals surface area contributed by atoms with E-state index >= 15 is 0 Å². The van der Waals surface area contributed by atoms with Crippen LogP contribution in [-0.4, -0.2) is 35.2 Å². The van der Waals surface area contributed by atoms with E-state index in [9.17, 15) is 14.4 Å². The molecule has 0 bridgehead atoms. The van der Waals surface area contributed by atoms with Crippen molar-refractivity contribution in [2.75, 3.05) is 12.4 Å². The fourth-order valence-corrected chi connectivity index (χ4v) is 4.50. The van der Waals surface area contributed by atoms with E-state index in [0.717, 1.165) is 22.4 Å². The molecule has 0 spiro atoms. The summed E-state index contributed by atoms with van der Waals surface area (Å²) in [6.45, 7) is 11.2. The van der Waals surface area contributed by atoms with Gasteiger partial charge in [0.25, 0.3) is 5.56 Å². The van der Waals surface area contributed by atoms with Crippen molar-refractivity contribution in [2.24, 2.45) is 5.73 Å². The van der Waals surface area contributed by atoms with Gasteiger partial charge in [-0.25, -0.2) is 0 Å². The van der Waals surface area contributed by atoms with Gasteiger partial charge in [0, 0.05) is 10.7 Å². The maximum absolute atomic E-state index is 13.3. The highest BCUT2D eigenvalue weighted by Crippen LogP contribution is 2.28. The molecule has 1 unspecified atom stereocenters. The summed E-state index contributed by atoms with van der Waals surface area (Å²) in [5.74, 6) is -0.0529. The minimum atomic E-state index is -0.891. The topological polar surface area (TPSA) is 113 Å². The molecule has 1 heterocycles. The van der Waals surface area contributed by atoms with Crippen LogP contribution in [0, 0.1) is 6.92 Å². The molecule has 3 aromatic rings. The maximum atomic E-state index is 13.3. The van der Waals surface area contributed by atoms with Crippen LogP contribution in [0.3, 0.4) is 0 Å². The van der Waals surface area contributed by atoms with Gasteiger partial charge >= 0.3 is 5.97 Å². The third-order valence-electron chi connectivity index (χ3n) is 6.61. The lowest BCUT2D eigenvalue weighted by molar-refractivity contribution is -0.160. The number of anilines is 1. The first-order valence-corrected chi connectivity index (χ1v) is 13.8. The molecule has 40 heavy (non-hydrogen) atoms. The van der Waals surface area contributed by atoms with Crippen LogP contribution < -0.4 is 21.3 Å². The van der Waals surface area contributed by atoms with Crippen molar-refractivity contribution in [3.8, 4) is 5.75 Å². The molecule has 1 aromatic heterocycles. The molecule has 1 atom stereocenters. The van der Waals surface area contributed by atoms with Gasteiger partial charge in [0.1, 0.15) is 17.0 Å². The lowest BCUT2D eigenvalue weighted by atomic mass is 9.84. The van der Waals surface area contributed by atoms with E-state index in [1.165, 1.54) is 4.57 Å². The molecule has 8 nitrogen and oxygen atoms in total. The zero-order chi connectivity index (χ0) is 29.8. The number of methoxy groups -OCH3 is 1. The summed E-state index contributed by atoms with van der Waals surface area (Å²) in [7, 11) is 1.60. The number of carbonyl (C=O) groups excluding carboxylic acids is 2. The Labute approximate surface area is 244 Å². The highest BCUT2D eigenvalue weighted by Gasteiger charge is 2.34.